The molecule has 2 aliphatic carbocycles. The second-order valence-electron chi connectivity index (χ2n) is 17.2. The first kappa shape index (κ1) is 35.6. The topological polar surface area (TPSA) is 32.3 Å². The zero-order valence-electron chi connectivity index (χ0n) is 34.4. The van der Waals surface area contributed by atoms with Crippen molar-refractivity contribution in [2.45, 2.75) is 44.6 Å². The summed E-state index contributed by atoms with van der Waals surface area (Å²) in [6, 6.07) is 59.7. The van der Waals surface area contributed by atoms with E-state index in [1.807, 2.05) is 0 Å². The molecule has 4 aliphatic rings. The summed E-state index contributed by atoms with van der Waals surface area (Å²) in [7, 11) is 0. The summed E-state index contributed by atoms with van der Waals surface area (Å²) in [4.78, 5) is 15.8. The highest BCUT2D eigenvalue weighted by atomic mass is 15.3. The van der Waals surface area contributed by atoms with Crippen molar-refractivity contribution in [3.05, 3.63) is 215 Å². The number of hydrogen-bond acceptors (Lipinski definition) is 4. The van der Waals surface area contributed by atoms with Crippen LogP contribution in [0.2, 0.25) is 0 Å². The van der Waals surface area contributed by atoms with Crippen molar-refractivity contribution in [2.75, 3.05) is 9.80 Å². The van der Waals surface area contributed by atoms with Crippen LogP contribution in [-0.2, 0) is 5.41 Å². The van der Waals surface area contributed by atoms with Gasteiger partial charge in [0.25, 0.3) is 0 Å². The fourth-order valence-corrected chi connectivity index (χ4v) is 10.4. The molecule has 61 heavy (non-hydrogen) atoms. The van der Waals surface area contributed by atoms with Crippen molar-refractivity contribution in [1.29, 1.82) is 0 Å². The van der Waals surface area contributed by atoms with Gasteiger partial charge in [-0.2, -0.15) is 0 Å². The third-order valence-electron chi connectivity index (χ3n) is 13.4. The molecule has 0 N–H and O–H groups in total. The summed E-state index contributed by atoms with van der Waals surface area (Å²) >= 11 is 0. The molecule has 0 amide bonds. The maximum atomic E-state index is 5.53. The SMILES string of the molecule is CC1(C)c2ccccc2N(C2=CCCC=C2)c2ccc(-c3cccc4c3C3=c5ccccc5=CCC3N4c3nc(-c4ccc(-c5ccccc5)cc4)c4ccccc4n3)cc21. The van der Waals surface area contributed by atoms with E-state index in [1.54, 1.807) is 0 Å². The molecular formula is C57H44N4. The Morgan fingerprint density at radius 1 is 0.574 bits per heavy atom. The van der Waals surface area contributed by atoms with Gasteiger partial charge in [0.05, 0.1) is 34.3 Å². The summed E-state index contributed by atoms with van der Waals surface area (Å²) in [5.74, 6) is 0.722. The summed E-state index contributed by atoms with van der Waals surface area (Å²) in [6.45, 7) is 4.77. The van der Waals surface area contributed by atoms with Crippen molar-refractivity contribution in [3.63, 3.8) is 0 Å². The number of benzene rings is 7. The van der Waals surface area contributed by atoms with Crippen LogP contribution >= 0.6 is 0 Å². The highest BCUT2D eigenvalue weighted by Gasteiger charge is 2.41. The number of hydrogen-bond donors (Lipinski definition) is 0. The molecule has 0 saturated carbocycles. The Morgan fingerprint density at radius 2 is 1.30 bits per heavy atom. The molecule has 1 aromatic heterocycles. The molecule has 0 spiro atoms. The van der Waals surface area contributed by atoms with Crippen molar-refractivity contribution in [2.24, 2.45) is 0 Å². The third-order valence-corrected chi connectivity index (χ3v) is 13.4. The van der Waals surface area contributed by atoms with E-state index in [0.717, 1.165) is 53.1 Å². The fourth-order valence-electron chi connectivity index (χ4n) is 10.4. The fraction of sp³-hybridized carbons (Fsp3) is 0.123. The molecule has 4 nitrogen and oxygen atoms in total. The summed E-state index contributed by atoms with van der Waals surface area (Å²) in [5.41, 5.74) is 17.8. The molecule has 4 heteroatoms. The zero-order chi connectivity index (χ0) is 40.7. The molecule has 7 aromatic carbocycles. The lowest BCUT2D eigenvalue weighted by molar-refractivity contribution is 0.630. The van der Waals surface area contributed by atoms with Crippen LogP contribution in [0.4, 0.5) is 23.0 Å². The first-order valence-electron chi connectivity index (χ1n) is 21.6. The van der Waals surface area contributed by atoms with Gasteiger partial charge in [0.15, 0.2) is 0 Å². The van der Waals surface area contributed by atoms with Gasteiger partial charge in [-0.15, -0.1) is 0 Å². The predicted molar refractivity (Wildman–Crippen MR) is 253 cm³/mol. The van der Waals surface area contributed by atoms with Gasteiger partial charge < -0.3 is 9.80 Å². The predicted octanol–water partition coefficient (Wildman–Crippen LogP) is 12.5. The van der Waals surface area contributed by atoms with E-state index < -0.39 is 0 Å². The lowest BCUT2D eigenvalue weighted by Gasteiger charge is -2.43. The van der Waals surface area contributed by atoms with Gasteiger partial charge >= 0.3 is 0 Å². The second kappa shape index (κ2) is 13.9. The summed E-state index contributed by atoms with van der Waals surface area (Å²) < 4.78 is 0. The number of para-hydroxylation sites is 2. The first-order valence-corrected chi connectivity index (χ1v) is 21.6. The molecule has 0 saturated heterocycles. The van der Waals surface area contributed by atoms with Crippen molar-refractivity contribution < 1.29 is 0 Å². The number of fused-ring (bicyclic) bond motifs is 7. The smallest absolute Gasteiger partial charge is 0.231 e. The normalized spacial score (nSPS) is 16.9. The van der Waals surface area contributed by atoms with Crippen molar-refractivity contribution in [3.8, 4) is 33.5 Å². The molecule has 0 bridgehead atoms. The lowest BCUT2D eigenvalue weighted by atomic mass is 9.72. The Labute approximate surface area is 356 Å². The molecule has 2 aliphatic heterocycles. The minimum atomic E-state index is -0.210. The maximum absolute atomic E-state index is 5.53. The molecule has 292 valence electrons. The van der Waals surface area contributed by atoms with Gasteiger partial charge in [-0.3, -0.25) is 0 Å². The Balaban J connectivity index is 1.05. The number of aromatic nitrogens is 2. The van der Waals surface area contributed by atoms with Gasteiger partial charge in [-0.25, -0.2) is 9.97 Å². The Kier molecular flexibility index (Phi) is 8.11. The molecule has 0 fully saturated rings. The third kappa shape index (κ3) is 5.59. The van der Waals surface area contributed by atoms with Crippen LogP contribution in [0.15, 0.2) is 188 Å². The minimum absolute atomic E-state index is 0.0296. The summed E-state index contributed by atoms with van der Waals surface area (Å²) in [5, 5.41) is 3.60. The van der Waals surface area contributed by atoms with Crippen molar-refractivity contribution >= 4 is 45.6 Å². The van der Waals surface area contributed by atoms with Crippen LogP contribution in [0.3, 0.4) is 0 Å². The number of rotatable bonds is 5. The minimum Gasteiger partial charge on any atom is -0.310 e. The highest BCUT2D eigenvalue weighted by molar-refractivity contribution is 6.01. The van der Waals surface area contributed by atoms with E-state index in [2.05, 4.69) is 212 Å². The average molecular weight is 785 g/mol. The van der Waals surface area contributed by atoms with Gasteiger partial charge in [-0.05, 0) is 105 Å². The lowest BCUT2D eigenvalue weighted by Crippen LogP contribution is -2.38. The molecule has 1 unspecified atom stereocenters. The van der Waals surface area contributed by atoms with Crippen LogP contribution in [-0.4, -0.2) is 16.0 Å². The van der Waals surface area contributed by atoms with Crippen molar-refractivity contribution in [1.82, 2.24) is 9.97 Å². The van der Waals surface area contributed by atoms with Gasteiger partial charge in [0, 0.05) is 27.6 Å². The first-order chi connectivity index (χ1) is 30.0. The van der Waals surface area contributed by atoms with Crippen LogP contribution in [0.1, 0.15) is 49.8 Å². The van der Waals surface area contributed by atoms with Crippen LogP contribution in [0, 0.1) is 0 Å². The largest absolute Gasteiger partial charge is 0.310 e. The van der Waals surface area contributed by atoms with Gasteiger partial charge in [0.1, 0.15) is 0 Å². The van der Waals surface area contributed by atoms with Gasteiger partial charge in [-0.1, -0.05) is 166 Å². The van der Waals surface area contributed by atoms with E-state index in [4.69, 9.17) is 9.97 Å². The van der Waals surface area contributed by atoms with E-state index in [-0.39, 0.29) is 11.5 Å². The molecule has 1 atom stereocenters. The Morgan fingerprint density at radius 3 is 2.16 bits per heavy atom. The number of anilines is 4. The maximum Gasteiger partial charge on any atom is 0.231 e. The Hall–Kier alpha value is -7.30. The van der Waals surface area contributed by atoms with E-state index >= 15 is 0 Å². The van der Waals surface area contributed by atoms with Gasteiger partial charge in [0.2, 0.25) is 5.95 Å². The standard InChI is InChI=1S/C57H44N4/c1-57(2)46-24-12-14-26-49(46)60(42-19-7-4-8-20-42)50-34-33-41(36-47(50)57)44-23-15-27-51-54(44)53-43-21-10-9-18-39(43)32-35-52(53)61(51)56-58-48-25-13-11-22-45(48)55(59-56)40-30-28-38(29-31-40)37-16-5-3-6-17-37/h3,5-7,9-34,36,52H,4,8,35H2,1-2H3. The zero-order valence-corrected chi connectivity index (χ0v) is 34.4. The average Bonchev–Trinajstić information content (AvgIpc) is 3.67. The molecule has 12 rings (SSSR count). The summed E-state index contributed by atoms with van der Waals surface area (Å²) in [6.07, 6.45) is 12.4. The number of allylic oxidation sites excluding steroid dienone is 3. The molecular weight excluding hydrogens is 741 g/mol. The van der Waals surface area contributed by atoms with Crippen LogP contribution < -0.4 is 20.2 Å². The van der Waals surface area contributed by atoms with E-state index in [1.165, 1.54) is 72.0 Å². The van der Waals surface area contributed by atoms with Crippen LogP contribution in [0.25, 0.3) is 56.1 Å². The molecule has 0 radical (unpaired) electrons. The quantitative estimate of drug-likeness (QED) is 0.174. The number of nitrogens with zero attached hydrogens (tertiary/aromatic N) is 4. The van der Waals surface area contributed by atoms with Crippen LogP contribution in [0.5, 0.6) is 0 Å². The highest BCUT2D eigenvalue weighted by Crippen LogP contribution is 2.54. The molecule has 3 heterocycles. The van der Waals surface area contributed by atoms with E-state index in [9.17, 15) is 0 Å². The van der Waals surface area contributed by atoms with E-state index in [0.29, 0.717) is 0 Å². The second-order valence-corrected chi connectivity index (χ2v) is 17.2. The molecule has 8 aromatic rings. The Bertz CT molecular complexity index is 3270. The monoisotopic (exact) mass is 784 g/mol.